The smallest absolute Gasteiger partial charge is 0.109 e. The molecule has 31 heavy (non-hydrogen) atoms. The van der Waals surface area contributed by atoms with Crippen molar-refractivity contribution in [3.05, 3.63) is 59.4 Å². The minimum atomic E-state index is -0.455. The van der Waals surface area contributed by atoms with Crippen LogP contribution in [0.15, 0.2) is 42.6 Å². The summed E-state index contributed by atoms with van der Waals surface area (Å²) in [7, 11) is 1.90. The van der Waals surface area contributed by atoms with E-state index in [1.54, 1.807) is 0 Å². The summed E-state index contributed by atoms with van der Waals surface area (Å²) < 4.78 is 19.6. The fourth-order valence-corrected chi connectivity index (χ4v) is 4.05. The molecule has 5 heteroatoms. The van der Waals surface area contributed by atoms with Crippen LogP contribution in [0.4, 0.5) is 9.57 Å². The van der Waals surface area contributed by atoms with Crippen molar-refractivity contribution < 1.29 is 8.62 Å². The van der Waals surface area contributed by atoms with Gasteiger partial charge in [-0.2, -0.15) is 3.89 Å². The zero-order valence-electron chi connectivity index (χ0n) is 19.4. The standard InChI is InChI=1S/C26H35FN2OS/c1-6-25(7-2,31-27)18-19-30-26(8-3,9-4)24-17-14-22(20-29-24)11-10-21-12-15-23(28-5)16-13-21/h12-17,20,28H,6-9,18-19H2,1-5H3. The van der Waals surface area contributed by atoms with E-state index in [1.165, 1.54) is 0 Å². The second kappa shape index (κ2) is 12.1. The number of hydrogen-bond acceptors (Lipinski definition) is 4. The number of nitrogens with zero attached hydrogens (tertiary/aromatic N) is 1. The molecule has 0 aliphatic rings. The molecule has 0 saturated heterocycles. The Morgan fingerprint density at radius 1 is 0.935 bits per heavy atom. The highest BCUT2D eigenvalue weighted by atomic mass is 32.2. The second-order valence-corrected chi connectivity index (χ2v) is 8.80. The zero-order chi connectivity index (χ0) is 22.7. The van der Waals surface area contributed by atoms with E-state index in [4.69, 9.17) is 9.72 Å². The molecule has 1 aromatic heterocycles. The van der Waals surface area contributed by atoms with Crippen molar-refractivity contribution in [1.82, 2.24) is 4.98 Å². The van der Waals surface area contributed by atoms with E-state index in [1.807, 2.05) is 63.5 Å². The molecule has 1 N–H and O–H groups in total. The summed E-state index contributed by atoms with van der Waals surface area (Å²) in [6.07, 6.45) is 5.72. The molecule has 2 rings (SSSR count). The first-order chi connectivity index (χ1) is 15.0. The largest absolute Gasteiger partial charge is 0.388 e. The molecule has 3 nitrogen and oxygen atoms in total. The monoisotopic (exact) mass is 442 g/mol. The van der Waals surface area contributed by atoms with Crippen molar-refractivity contribution in [2.75, 3.05) is 19.0 Å². The highest BCUT2D eigenvalue weighted by molar-refractivity contribution is 7.95. The van der Waals surface area contributed by atoms with Gasteiger partial charge < -0.3 is 10.1 Å². The fraction of sp³-hybridized carbons (Fsp3) is 0.500. The third-order valence-electron chi connectivity index (χ3n) is 6.29. The van der Waals surface area contributed by atoms with Gasteiger partial charge in [0.15, 0.2) is 0 Å². The van der Waals surface area contributed by atoms with Gasteiger partial charge in [-0.05, 0) is 68.5 Å². The van der Waals surface area contributed by atoms with E-state index in [0.29, 0.717) is 25.2 Å². The van der Waals surface area contributed by atoms with Gasteiger partial charge in [0.25, 0.3) is 0 Å². The van der Waals surface area contributed by atoms with E-state index >= 15 is 0 Å². The topological polar surface area (TPSA) is 34.1 Å². The lowest BCUT2D eigenvalue weighted by Crippen LogP contribution is -2.32. The molecule has 0 saturated carbocycles. The lowest BCUT2D eigenvalue weighted by atomic mass is 9.91. The second-order valence-electron chi connectivity index (χ2n) is 7.78. The van der Waals surface area contributed by atoms with Gasteiger partial charge in [-0.15, -0.1) is 0 Å². The van der Waals surface area contributed by atoms with Crippen LogP contribution in [-0.4, -0.2) is 23.4 Å². The van der Waals surface area contributed by atoms with Gasteiger partial charge in [0.2, 0.25) is 0 Å². The molecule has 2 aromatic rings. The number of pyridine rings is 1. The summed E-state index contributed by atoms with van der Waals surface area (Å²) in [4.78, 5) is 4.69. The summed E-state index contributed by atoms with van der Waals surface area (Å²) in [5.41, 5.74) is 3.35. The van der Waals surface area contributed by atoms with E-state index in [2.05, 4.69) is 31.0 Å². The summed E-state index contributed by atoms with van der Waals surface area (Å²) >= 11 is 0.472. The van der Waals surface area contributed by atoms with Gasteiger partial charge in [-0.3, -0.25) is 4.98 Å². The molecule has 0 aliphatic carbocycles. The van der Waals surface area contributed by atoms with Crippen LogP contribution < -0.4 is 5.32 Å². The van der Waals surface area contributed by atoms with Crippen molar-refractivity contribution in [3.63, 3.8) is 0 Å². The van der Waals surface area contributed by atoms with E-state index in [9.17, 15) is 3.89 Å². The number of aromatic nitrogens is 1. The number of hydrogen-bond donors (Lipinski definition) is 1. The number of benzene rings is 1. The summed E-state index contributed by atoms with van der Waals surface area (Å²) in [5.74, 6) is 6.36. The molecular weight excluding hydrogens is 407 g/mol. The van der Waals surface area contributed by atoms with Crippen LogP contribution in [0.3, 0.4) is 0 Å². The van der Waals surface area contributed by atoms with Gasteiger partial charge in [-0.1, -0.05) is 39.5 Å². The first kappa shape index (κ1) is 25.2. The number of ether oxygens (including phenoxy) is 1. The normalized spacial score (nSPS) is 11.7. The van der Waals surface area contributed by atoms with Gasteiger partial charge >= 0.3 is 0 Å². The predicted octanol–water partition coefficient (Wildman–Crippen LogP) is 7.12. The lowest BCUT2D eigenvalue weighted by molar-refractivity contribution is -0.0635. The Morgan fingerprint density at radius 2 is 1.55 bits per heavy atom. The van der Waals surface area contributed by atoms with E-state index < -0.39 is 5.60 Å². The maximum absolute atomic E-state index is 13.5. The molecular formula is C26H35FN2OS. The zero-order valence-corrected chi connectivity index (χ0v) is 20.2. The summed E-state index contributed by atoms with van der Waals surface area (Å²) in [5, 5.41) is 3.10. The number of halogens is 1. The Kier molecular flexibility index (Phi) is 9.87. The Balaban J connectivity index is 2.12. The fourth-order valence-electron chi connectivity index (χ4n) is 3.68. The van der Waals surface area contributed by atoms with Crippen LogP contribution in [0, 0.1) is 11.8 Å². The van der Waals surface area contributed by atoms with Crippen LogP contribution in [0.25, 0.3) is 0 Å². The van der Waals surface area contributed by atoms with Crippen molar-refractivity contribution in [2.45, 2.75) is 70.1 Å². The Morgan fingerprint density at radius 3 is 2.03 bits per heavy atom. The molecule has 0 amide bonds. The van der Waals surface area contributed by atoms with Crippen LogP contribution in [-0.2, 0) is 10.3 Å². The van der Waals surface area contributed by atoms with Gasteiger partial charge in [0, 0.05) is 41.4 Å². The Bertz CT molecular complexity index is 839. The van der Waals surface area contributed by atoms with Gasteiger partial charge in [-0.25, -0.2) is 0 Å². The molecule has 1 heterocycles. The third kappa shape index (κ3) is 6.48. The molecule has 0 fully saturated rings. The van der Waals surface area contributed by atoms with E-state index in [0.717, 1.165) is 48.2 Å². The quantitative estimate of drug-likeness (QED) is 0.376. The van der Waals surface area contributed by atoms with Gasteiger partial charge in [0.05, 0.1) is 17.8 Å². The Labute approximate surface area is 191 Å². The first-order valence-electron chi connectivity index (χ1n) is 11.2. The first-order valence-corrected chi connectivity index (χ1v) is 11.9. The minimum Gasteiger partial charge on any atom is -0.388 e. The van der Waals surface area contributed by atoms with Crippen molar-refractivity contribution in [3.8, 4) is 11.8 Å². The molecule has 1 aromatic carbocycles. The minimum absolute atomic E-state index is 0.356. The molecule has 168 valence electrons. The molecule has 0 spiro atoms. The molecule has 0 atom stereocenters. The number of nitrogens with one attached hydrogen (secondary N) is 1. The van der Waals surface area contributed by atoms with E-state index in [-0.39, 0.29) is 4.75 Å². The number of anilines is 1. The average Bonchev–Trinajstić information content (AvgIpc) is 2.84. The van der Waals surface area contributed by atoms with Crippen LogP contribution in [0.1, 0.15) is 76.6 Å². The van der Waals surface area contributed by atoms with Crippen LogP contribution in [0.2, 0.25) is 0 Å². The van der Waals surface area contributed by atoms with Gasteiger partial charge in [0.1, 0.15) is 5.60 Å². The third-order valence-corrected chi connectivity index (χ3v) is 7.39. The van der Waals surface area contributed by atoms with Crippen molar-refractivity contribution >= 4 is 17.8 Å². The average molecular weight is 443 g/mol. The van der Waals surface area contributed by atoms with Crippen LogP contribution >= 0.6 is 12.1 Å². The highest BCUT2D eigenvalue weighted by Crippen LogP contribution is 2.38. The molecule has 0 radical (unpaired) electrons. The molecule has 0 bridgehead atoms. The summed E-state index contributed by atoms with van der Waals surface area (Å²) in [6.45, 7) is 8.83. The molecule has 0 unspecified atom stereocenters. The molecule has 0 aliphatic heterocycles. The maximum Gasteiger partial charge on any atom is 0.109 e. The van der Waals surface area contributed by atoms with Crippen LogP contribution in [0.5, 0.6) is 0 Å². The SMILES string of the molecule is CCC(CC)(CCOC(CC)(CC)c1ccc(C#Cc2ccc(NC)cc2)cn1)SF. The predicted molar refractivity (Wildman–Crippen MR) is 131 cm³/mol. The van der Waals surface area contributed by atoms with Crippen molar-refractivity contribution in [2.24, 2.45) is 0 Å². The lowest BCUT2D eigenvalue weighted by Gasteiger charge is -2.34. The maximum atomic E-state index is 13.5. The number of rotatable bonds is 11. The highest BCUT2D eigenvalue weighted by Gasteiger charge is 2.33. The van der Waals surface area contributed by atoms with Crippen molar-refractivity contribution in [1.29, 1.82) is 0 Å². The Hall–Kier alpha value is -2.03. The summed E-state index contributed by atoms with van der Waals surface area (Å²) in [6, 6.07) is 12.0.